The summed E-state index contributed by atoms with van der Waals surface area (Å²) in [6, 6.07) is 0. The highest BCUT2D eigenvalue weighted by Gasteiger charge is 2.37. The van der Waals surface area contributed by atoms with Crippen molar-refractivity contribution >= 4 is 11.3 Å². The number of thiazole rings is 1. The Hall–Kier alpha value is -0.490. The van der Waals surface area contributed by atoms with Crippen molar-refractivity contribution in [3.05, 3.63) is 16.1 Å². The van der Waals surface area contributed by atoms with Crippen LogP contribution in [0.1, 0.15) is 48.4 Å². The van der Waals surface area contributed by atoms with Crippen LogP contribution in [0.2, 0.25) is 0 Å². The van der Waals surface area contributed by atoms with Crippen molar-refractivity contribution in [2.75, 3.05) is 13.7 Å². The molecule has 0 aliphatic heterocycles. The van der Waals surface area contributed by atoms with Gasteiger partial charge < -0.3 is 15.2 Å². The number of hydrogen-bond donors (Lipinski definition) is 1. The molecule has 0 amide bonds. The molecule has 1 fully saturated rings. The second kappa shape index (κ2) is 6.10. The minimum Gasteiger partial charge on any atom is -0.353 e. The van der Waals surface area contributed by atoms with Crippen LogP contribution in [0.3, 0.4) is 0 Å². The zero-order valence-corrected chi connectivity index (χ0v) is 12.0. The van der Waals surface area contributed by atoms with Gasteiger partial charge in [0.25, 0.3) is 0 Å². The molecule has 1 heterocycles. The van der Waals surface area contributed by atoms with Gasteiger partial charge in [0.1, 0.15) is 0 Å². The highest BCUT2D eigenvalue weighted by Crippen LogP contribution is 2.41. The maximum atomic E-state index is 5.77. The minimum atomic E-state index is -0.362. The second-order valence-corrected chi connectivity index (χ2v) is 5.84. The summed E-state index contributed by atoms with van der Waals surface area (Å²) in [5.41, 5.74) is 5.63. The molecule has 1 aliphatic carbocycles. The second-order valence-electron chi connectivity index (χ2n) is 4.69. The Morgan fingerprint density at radius 2 is 2.22 bits per heavy atom. The molecule has 0 aromatic carbocycles. The number of hydrogen-bond acceptors (Lipinski definition) is 5. The van der Waals surface area contributed by atoms with Gasteiger partial charge in [-0.1, -0.05) is 0 Å². The maximum Gasteiger partial charge on any atom is 0.167 e. The fraction of sp³-hybridized carbons (Fsp3) is 0.769. The number of nitrogens with two attached hydrogens (primary N) is 1. The number of aromatic nitrogens is 1. The van der Waals surface area contributed by atoms with E-state index in [4.69, 9.17) is 15.2 Å². The summed E-state index contributed by atoms with van der Waals surface area (Å²) in [6.45, 7) is 3.31. The molecule has 1 saturated carbocycles. The van der Waals surface area contributed by atoms with Crippen molar-refractivity contribution in [1.82, 2.24) is 4.98 Å². The van der Waals surface area contributed by atoms with Gasteiger partial charge in [0.15, 0.2) is 5.79 Å². The summed E-state index contributed by atoms with van der Waals surface area (Å²) in [7, 11) is 1.74. The van der Waals surface area contributed by atoms with Crippen LogP contribution in [0.4, 0.5) is 0 Å². The van der Waals surface area contributed by atoms with Crippen molar-refractivity contribution in [3.8, 4) is 0 Å². The molecule has 0 saturated heterocycles. The van der Waals surface area contributed by atoms with E-state index < -0.39 is 0 Å². The van der Waals surface area contributed by atoms with Gasteiger partial charge in [-0.25, -0.2) is 4.98 Å². The average Bonchev–Trinajstić information content (AvgIpc) is 2.89. The molecule has 1 aromatic heterocycles. The molecular formula is C13H22N2O2S. The Morgan fingerprint density at radius 3 is 2.72 bits per heavy atom. The van der Waals surface area contributed by atoms with E-state index in [0.29, 0.717) is 19.1 Å². The van der Waals surface area contributed by atoms with E-state index >= 15 is 0 Å². The van der Waals surface area contributed by atoms with Gasteiger partial charge in [-0.2, -0.15) is 0 Å². The Kier molecular flexibility index (Phi) is 4.72. The quantitative estimate of drug-likeness (QED) is 0.836. The molecule has 1 aliphatic rings. The first kappa shape index (κ1) is 13.9. The number of methoxy groups -OCH3 is 1. The monoisotopic (exact) mass is 270 g/mol. The zero-order chi connectivity index (χ0) is 13.0. The first-order chi connectivity index (χ1) is 8.73. The topological polar surface area (TPSA) is 57.4 Å². The lowest BCUT2D eigenvalue weighted by atomic mass is 9.85. The highest BCUT2D eigenvalue weighted by atomic mass is 32.1. The summed E-state index contributed by atoms with van der Waals surface area (Å²) in [6.07, 6.45) is 5.94. The van der Waals surface area contributed by atoms with Crippen LogP contribution in [0.15, 0.2) is 6.20 Å². The Balaban J connectivity index is 1.97. The smallest absolute Gasteiger partial charge is 0.167 e. The summed E-state index contributed by atoms with van der Waals surface area (Å²) in [5, 5.41) is 1.22. The van der Waals surface area contributed by atoms with Crippen LogP contribution >= 0.6 is 11.3 Å². The third-order valence-electron chi connectivity index (χ3n) is 3.65. The normalized spacial score (nSPS) is 28.5. The molecular weight excluding hydrogens is 248 g/mol. The standard InChI is InChI=1S/C13H22N2O2S/c1-3-17-13(16-2)6-4-10(5-7-13)12-15-9-11(8-14)18-12/h9-10H,3-8,14H2,1-2H3. The fourth-order valence-electron chi connectivity index (χ4n) is 2.58. The van der Waals surface area contributed by atoms with Crippen LogP contribution in [0.25, 0.3) is 0 Å². The molecule has 0 spiro atoms. The summed E-state index contributed by atoms with van der Waals surface area (Å²) >= 11 is 1.74. The van der Waals surface area contributed by atoms with E-state index in [1.165, 1.54) is 9.88 Å². The third-order valence-corrected chi connectivity index (χ3v) is 4.83. The lowest BCUT2D eigenvalue weighted by Crippen LogP contribution is -2.38. The van der Waals surface area contributed by atoms with E-state index in [0.717, 1.165) is 25.7 Å². The first-order valence-corrected chi connectivity index (χ1v) is 7.38. The molecule has 2 N–H and O–H groups in total. The lowest BCUT2D eigenvalue weighted by Gasteiger charge is -2.38. The molecule has 102 valence electrons. The molecule has 5 heteroatoms. The summed E-state index contributed by atoms with van der Waals surface area (Å²) < 4.78 is 11.3. The Labute approximate surface area is 113 Å². The molecule has 0 radical (unpaired) electrons. The summed E-state index contributed by atoms with van der Waals surface area (Å²) in [4.78, 5) is 5.65. The van der Waals surface area contributed by atoms with Crippen LogP contribution in [0, 0.1) is 0 Å². The lowest BCUT2D eigenvalue weighted by molar-refractivity contribution is -0.237. The van der Waals surface area contributed by atoms with Gasteiger partial charge in [-0.05, 0) is 19.8 Å². The number of rotatable bonds is 5. The van der Waals surface area contributed by atoms with Crippen molar-refractivity contribution in [2.24, 2.45) is 5.73 Å². The third kappa shape index (κ3) is 2.91. The van der Waals surface area contributed by atoms with Gasteiger partial charge in [0.2, 0.25) is 0 Å². The minimum absolute atomic E-state index is 0.362. The Bertz CT molecular complexity index is 373. The zero-order valence-electron chi connectivity index (χ0n) is 11.1. The predicted octanol–water partition coefficient (Wildman–Crippen LogP) is 2.64. The van der Waals surface area contributed by atoms with E-state index in [1.807, 2.05) is 13.1 Å². The van der Waals surface area contributed by atoms with Gasteiger partial charge in [-0.3, -0.25) is 0 Å². The van der Waals surface area contributed by atoms with E-state index in [1.54, 1.807) is 18.4 Å². The molecule has 0 atom stereocenters. The molecule has 4 nitrogen and oxygen atoms in total. The molecule has 0 unspecified atom stereocenters. The average molecular weight is 270 g/mol. The predicted molar refractivity (Wildman–Crippen MR) is 72.6 cm³/mol. The Morgan fingerprint density at radius 1 is 1.50 bits per heavy atom. The van der Waals surface area contributed by atoms with Gasteiger partial charge in [0.05, 0.1) is 5.01 Å². The SMILES string of the molecule is CCOC1(OC)CCC(c2ncc(CN)s2)CC1. The molecule has 18 heavy (non-hydrogen) atoms. The fourth-order valence-corrected chi connectivity index (χ4v) is 3.55. The highest BCUT2D eigenvalue weighted by molar-refractivity contribution is 7.11. The molecule has 0 bridgehead atoms. The largest absolute Gasteiger partial charge is 0.353 e. The van der Waals surface area contributed by atoms with Crippen molar-refractivity contribution in [1.29, 1.82) is 0 Å². The van der Waals surface area contributed by atoms with E-state index in [-0.39, 0.29) is 5.79 Å². The van der Waals surface area contributed by atoms with Gasteiger partial charge in [-0.15, -0.1) is 11.3 Å². The van der Waals surface area contributed by atoms with Crippen LogP contribution < -0.4 is 5.73 Å². The molecule has 1 aromatic rings. The van der Waals surface area contributed by atoms with Crippen LogP contribution in [-0.4, -0.2) is 24.5 Å². The van der Waals surface area contributed by atoms with E-state index in [9.17, 15) is 0 Å². The maximum absolute atomic E-state index is 5.77. The van der Waals surface area contributed by atoms with Crippen molar-refractivity contribution in [2.45, 2.75) is 50.9 Å². The van der Waals surface area contributed by atoms with Crippen molar-refractivity contribution < 1.29 is 9.47 Å². The first-order valence-electron chi connectivity index (χ1n) is 6.57. The van der Waals surface area contributed by atoms with E-state index in [2.05, 4.69) is 4.98 Å². The summed E-state index contributed by atoms with van der Waals surface area (Å²) in [5.74, 6) is 0.179. The van der Waals surface area contributed by atoms with Crippen molar-refractivity contribution in [3.63, 3.8) is 0 Å². The van der Waals surface area contributed by atoms with Gasteiger partial charge >= 0.3 is 0 Å². The van der Waals surface area contributed by atoms with Crippen LogP contribution in [-0.2, 0) is 16.0 Å². The number of nitrogens with zero attached hydrogens (tertiary/aromatic N) is 1. The molecule has 2 rings (SSSR count). The van der Waals surface area contributed by atoms with Crippen LogP contribution in [0.5, 0.6) is 0 Å². The number of ether oxygens (including phenoxy) is 2. The van der Waals surface area contributed by atoms with Gasteiger partial charge in [0, 0.05) is 50.1 Å².